The summed E-state index contributed by atoms with van der Waals surface area (Å²) in [4.78, 5) is 0.209. The molecular weight excluding hydrogens is 387 g/mol. The Morgan fingerprint density at radius 3 is 2.45 bits per heavy atom. The minimum Gasteiger partial charge on any atom is -0.496 e. The summed E-state index contributed by atoms with van der Waals surface area (Å²) in [6.07, 6.45) is 8.72. The van der Waals surface area contributed by atoms with E-state index in [4.69, 9.17) is 4.74 Å². The van der Waals surface area contributed by atoms with Gasteiger partial charge in [0.25, 0.3) is 0 Å². The second-order valence-corrected chi connectivity index (χ2v) is 6.99. The van der Waals surface area contributed by atoms with Crippen LogP contribution in [0.5, 0.6) is 5.75 Å². The van der Waals surface area contributed by atoms with Gasteiger partial charge < -0.3 is 4.74 Å². The van der Waals surface area contributed by atoms with E-state index in [0.717, 1.165) is 12.0 Å². The van der Waals surface area contributed by atoms with Gasteiger partial charge in [0, 0.05) is 16.5 Å². The van der Waals surface area contributed by atoms with Gasteiger partial charge in [0.05, 0.1) is 11.6 Å². The van der Waals surface area contributed by atoms with Crippen LogP contribution in [0.3, 0.4) is 0 Å². The fourth-order valence-electron chi connectivity index (χ4n) is 2.22. The van der Waals surface area contributed by atoms with Crippen LogP contribution >= 0.6 is 31.9 Å². The van der Waals surface area contributed by atoms with E-state index in [1.165, 1.54) is 44.6 Å². The first kappa shape index (κ1) is 18.0. The van der Waals surface area contributed by atoms with Gasteiger partial charge in [-0.3, -0.25) is 0 Å². The van der Waals surface area contributed by atoms with E-state index in [9.17, 15) is 4.39 Å². The first-order chi connectivity index (χ1) is 9.60. The Labute approximate surface area is 138 Å². The summed E-state index contributed by atoms with van der Waals surface area (Å²) in [5, 5.41) is 0. The van der Waals surface area contributed by atoms with Gasteiger partial charge in [-0.05, 0) is 28.4 Å². The van der Waals surface area contributed by atoms with Gasteiger partial charge in [-0.25, -0.2) is 4.39 Å². The Bertz CT molecular complexity index is 410. The molecule has 0 spiro atoms. The largest absolute Gasteiger partial charge is 0.496 e. The smallest absolute Gasteiger partial charge is 0.141 e. The zero-order chi connectivity index (χ0) is 15.0. The van der Waals surface area contributed by atoms with E-state index < -0.39 is 0 Å². The van der Waals surface area contributed by atoms with E-state index in [-0.39, 0.29) is 10.6 Å². The number of hydrogen-bond acceptors (Lipinski definition) is 1. The van der Waals surface area contributed by atoms with E-state index in [1.54, 1.807) is 7.11 Å². The van der Waals surface area contributed by atoms with Crippen LogP contribution in [0.25, 0.3) is 0 Å². The van der Waals surface area contributed by atoms with Gasteiger partial charge in [0.15, 0.2) is 0 Å². The van der Waals surface area contributed by atoms with Crippen LogP contribution in [0, 0.1) is 5.82 Å². The van der Waals surface area contributed by atoms with Crippen molar-refractivity contribution in [3.8, 4) is 5.75 Å². The highest BCUT2D eigenvalue weighted by molar-refractivity contribution is 9.10. The molecule has 0 saturated carbocycles. The molecule has 1 aromatic carbocycles. The van der Waals surface area contributed by atoms with E-state index >= 15 is 0 Å². The zero-order valence-corrected chi connectivity index (χ0v) is 15.4. The molecule has 0 aliphatic heterocycles. The molecule has 20 heavy (non-hydrogen) atoms. The van der Waals surface area contributed by atoms with Gasteiger partial charge in [-0.1, -0.05) is 61.4 Å². The number of methoxy groups -OCH3 is 1. The Balaban J connectivity index is 2.50. The lowest BCUT2D eigenvalue weighted by Gasteiger charge is -2.15. The maximum Gasteiger partial charge on any atom is 0.141 e. The predicted molar refractivity (Wildman–Crippen MR) is 90.3 cm³/mol. The van der Waals surface area contributed by atoms with E-state index in [0.29, 0.717) is 10.2 Å². The molecule has 4 heteroatoms. The fraction of sp³-hybridized carbons (Fsp3) is 0.625. The predicted octanol–water partition coefficient (Wildman–Crippen LogP) is 6.78. The van der Waals surface area contributed by atoms with Crippen LogP contribution in [0.1, 0.15) is 62.3 Å². The molecule has 1 atom stereocenters. The quantitative estimate of drug-likeness (QED) is 0.322. The summed E-state index contributed by atoms with van der Waals surface area (Å²) in [6.45, 7) is 2.23. The topological polar surface area (TPSA) is 9.23 Å². The highest BCUT2D eigenvalue weighted by Gasteiger charge is 2.16. The Morgan fingerprint density at radius 1 is 1.15 bits per heavy atom. The molecule has 1 unspecified atom stereocenters. The van der Waals surface area contributed by atoms with Crippen LogP contribution in [-0.4, -0.2) is 7.11 Å². The molecule has 1 rings (SSSR count). The first-order valence-corrected chi connectivity index (χ1v) is 8.98. The van der Waals surface area contributed by atoms with Crippen LogP contribution < -0.4 is 4.74 Å². The first-order valence-electron chi connectivity index (χ1n) is 7.27. The van der Waals surface area contributed by atoms with Crippen molar-refractivity contribution in [2.24, 2.45) is 0 Å². The minimum atomic E-state index is -0.287. The second kappa shape index (κ2) is 9.78. The molecule has 1 aromatic rings. The monoisotopic (exact) mass is 408 g/mol. The Morgan fingerprint density at radius 2 is 1.80 bits per heavy atom. The summed E-state index contributed by atoms with van der Waals surface area (Å²) < 4.78 is 19.3. The standard InChI is InChI=1S/C16H23Br2FO/c1-3-4-5-6-7-8-9-13(17)12-10-14(18)15(19)11-16(12)20-2/h10-11,13H,3-9H2,1-2H3. The molecule has 0 aliphatic rings. The third-order valence-electron chi connectivity index (χ3n) is 3.42. The molecular formula is C16H23Br2FO. The lowest BCUT2D eigenvalue weighted by molar-refractivity contribution is 0.404. The average Bonchev–Trinajstić information content (AvgIpc) is 2.44. The van der Waals surface area contributed by atoms with Gasteiger partial charge in [-0.2, -0.15) is 0 Å². The van der Waals surface area contributed by atoms with Gasteiger partial charge in [-0.15, -0.1) is 0 Å². The molecule has 0 fully saturated rings. The number of rotatable bonds is 9. The Kier molecular flexibility index (Phi) is 8.78. The third-order valence-corrected chi connectivity index (χ3v) is 4.98. The number of halogens is 3. The third kappa shape index (κ3) is 5.72. The zero-order valence-electron chi connectivity index (χ0n) is 12.2. The van der Waals surface area contributed by atoms with E-state index in [2.05, 4.69) is 38.8 Å². The molecule has 0 N–H and O–H groups in total. The number of hydrogen-bond donors (Lipinski definition) is 0. The molecule has 0 aromatic heterocycles. The minimum absolute atomic E-state index is 0.209. The molecule has 0 bridgehead atoms. The van der Waals surface area contributed by atoms with Crippen LogP contribution in [-0.2, 0) is 0 Å². The van der Waals surface area contributed by atoms with Crippen molar-refractivity contribution in [1.82, 2.24) is 0 Å². The van der Waals surface area contributed by atoms with E-state index in [1.807, 2.05) is 6.07 Å². The number of unbranched alkanes of at least 4 members (excludes halogenated alkanes) is 5. The summed E-state index contributed by atoms with van der Waals surface area (Å²) in [6, 6.07) is 3.25. The van der Waals surface area contributed by atoms with Crippen molar-refractivity contribution in [3.05, 3.63) is 28.0 Å². The van der Waals surface area contributed by atoms with Crippen molar-refractivity contribution in [2.45, 2.75) is 56.7 Å². The highest BCUT2D eigenvalue weighted by atomic mass is 79.9. The maximum absolute atomic E-state index is 13.5. The van der Waals surface area contributed by atoms with Crippen LogP contribution in [0.4, 0.5) is 4.39 Å². The van der Waals surface area contributed by atoms with Crippen LogP contribution in [0.15, 0.2) is 16.6 Å². The molecule has 0 heterocycles. The molecule has 0 aliphatic carbocycles. The molecule has 0 radical (unpaired) electrons. The SMILES string of the molecule is CCCCCCCCC(Br)c1cc(Br)c(F)cc1OC. The van der Waals surface area contributed by atoms with Crippen molar-refractivity contribution in [2.75, 3.05) is 7.11 Å². The van der Waals surface area contributed by atoms with Crippen molar-refractivity contribution >= 4 is 31.9 Å². The molecule has 0 amide bonds. The normalized spacial score (nSPS) is 12.4. The van der Waals surface area contributed by atoms with Crippen LogP contribution in [0.2, 0.25) is 0 Å². The summed E-state index contributed by atoms with van der Waals surface area (Å²) >= 11 is 6.93. The number of benzene rings is 1. The molecule has 0 saturated heterocycles. The number of alkyl halides is 1. The van der Waals surface area contributed by atoms with Crippen molar-refractivity contribution in [3.63, 3.8) is 0 Å². The van der Waals surface area contributed by atoms with Gasteiger partial charge in [0.2, 0.25) is 0 Å². The van der Waals surface area contributed by atoms with Gasteiger partial charge in [0.1, 0.15) is 11.6 Å². The average molecular weight is 410 g/mol. The fourth-order valence-corrected chi connectivity index (χ4v) is 3.27. The highest BCUT2D eigenvalue weighted by Crippen LogP contribution is 2.37. The lowest BCUT2D eigenvalue weighted by Crippen LogP contribution is -1.97. The second-order valence-electron chi connectivity index (χ2n) is 5.03. The Hall–Kier alpha value is -0.0900. The number of ether oxygens (including phenoxy) is 1. The molecule has 1 nitrogen and oxygen atoms in total. The van der Waals surface area contributed by atoms with Crippen molar-refractivity contribution in [1.29, 1.82) is 0 Å². The van der Waals surface area contributed by atoms with Gasteiger partial charge >= 0.3 is 0 Å². The maximum atomic E-state index is 13.5. The molecule has 114 valence electrons. The van der Waals surface area contributed by atoms with Crippen molar-refractivity contribution < 1.29 is 9.13 Å². The summed E-state index contributed by atoms with van der Waals surface area (Å²) in [5.41, 5.74) is 1.01. The lowest BCUT2D eigenvalue weighted by atomic mass is 10.0. The summed E-state index contributed by atoms with van der Waals surface area (Å²) in [5.74, 6) is 0.323. The summed E-state index contributed by atoms with van der Waals surface area (Å²) in [7, 11) is 1.58.